The van der Waals surface area contributed by atoms with Crippen LogP contribution in [0, 0.1) is 5.92 Å². The maximum absolute atomic E-state index is 13.5. The Kier molecular flexibility index (Phi) is 6.95. The van der Waals surface area contributed by atoms with Gasteiger partial charge in [0.1, 0.15) is 6.10 Å². The van der Waals surface area contributed by atoms with Gasteiger partial charge in [-0.3, -0.25) is 14.7 Å². The van der Waals surface area contributed by atoms with Crippen molar-refractivity contribution in [2.45, 2.75) is 33.0 Å². The summed E-state index contributed by atoms with van der Waals surface area (Å²) in [5, 5.41) is 1.10. The van der Waals surface area contributed by atoms with Gasteiger partial charge in [0.2, 0.25) is 0 Å². The van der Waals surface area contributed by atoms with E-state index < -0.39 is 6.10 Å². The largest absolute Gasteiger partial charge is 0.366 e. The van der Waals surface area contributed by atoms with Crippen LogP contribution in [-0.2, 0) is 22.6 Å². The van der Waals surface area contributed by atoms with Crippen molar-refractivity contribution in [2.24, 2.45) is 5.92 Å². The molecule has 4 rings (SSSR count). The number of hydrogen-bond donors (Lipinski definition) is 0. The van der Waals surface area contributed by atoms with Crippen LogP contribution in [0.1, 0.15) is 25.0 Å². The summed E-state index contributed by atoms with van der Waals surface area (Å²) in [6.07, 6.45) is 1.38. The molecule has 2 heterocycles. The highest BCUT2D eigenvalue weighted by atomic mass is 16.5. The van der Waals surface area contributed by atoms with E-state index in [-0.39, 0.29) is 5.91 Å². The maximum atomic E-state index is 13.5. The van der Waals surface area contributed by atoms with Crippen molar-refractivity contribution < 1.29 is 9.53 Å². The lowest BCUT2D eigenvalue weighted by molar-refractivity contribution is -0.151. The summed E-state index contributed by atoms with van der Waals surface area (Å²) in [7, 11) is 0. The Morgan fingerprint density at radius 1 is 1.13 bits per heavy atom. The summed E-state index contributed by atoms with van der Waals surface area (Å²) in [6.45, 7) is 8.41. The Balaban J connectivity index is 1.49. The van der Waals surface area contributed by atoms with Crippen molar-refractivity contribution in [1.82, 2.24) is 14.8 Å². The molecule has 31 heavy (non-hydrogen) atoms. The molecule has 1 aromatic heterocycles. The van der Waals surface area contributed by atoms with Gasteiger partial charge in [-0.25, -0.2) is 0 Å². The zero-order valence-corrected chi connectivity index (χ0v) is 18.4. The van der Waals surface area contributed by atoms with Gasteiger partial charge in [0.05, 0.1) is 12.1 Å². The van der Waals surface area contributed by atoms with Crippen LogP contribution in [0.3, 0.4) is 0 Å². The molecule has 0 saturated carbocycles. The van der Waals surface area contributed by atoms with Crippen molar-refractivity contribution in [1.29, 1.82) is 0 Å². The zero-order valence-electron chi connectivity index (χ0n) is 18.4. The van der Waals surface area contributed by atoms with E-state index in [1.165, 1.54) is 5.56 Å². The quantitative estimate of drug-likeness (QED) is 0.580. The number of aromatic nitrogens is 1. The summed E-state index contributed by atoms with van der Waals surface area (Å²) in [5.41, 5.74) is 3.29. The molecule has 1 fully saturated rings. The van der Waals surface area contributed by atoms with E-state index in [0.29, 0.717) is 32.2 Å². The van der Waals surface area contributed by atoms with Crippen LogP contribution >= 0.6 is 0 Å². The van der Waals surface area contributed by atoms with E-state index in [9.17, 15) is 4.79 Å². The first-order valence-electron chi connectivity index (χ1n) is 11.1. The number of ether oxygens (including phenoxy) is 1. The minimum atomic E-state index is -0.431. The van der Waals surface area contributed by atoms with E-state index in [2.05, 4.69) is 66.2 Å². The number of pyridine rings is 1. The Morgan fingerprint density at radius 2 is 1.94 bits per heavy atom. The van der Waals surface area contributed by atoms with Crippen molar-refractivity contribution in [3.63, 3.8) is 0 Å². The molecule has 1 aliphatic heterocycles. The smallest absolute Gasteiger partial charge is 0.253 e. The number of fused-ring (bicyclic) bond motifs is 1. The van der Waals surface area contributed by atoms with Crippen molar-refractivity contribution >= 4 is 16.8 Å². The molecule has 0 bridgehead atoms. The van der Waals surface area contributed by atoms with Gasteiger partial charge in [0.25, 0.3) is 5.91 Å². The summed E-state index contributed by atoms with van der Waals surface area (Å²) in [6, 6.07) is 20.6. The highest BCUT2D eigenvalue weighted by molar-refractivity contribution is 5.84. The molecular formula is C26H31N3O2. The average molecular weight is 418 g/mol. The van der Waals surface area contributed by atoms with E-state index in [0.717, 1.165) is 29.6 Å². The molecule has 0 radical (unpaired) electrons. The summed E-state index contributed by atoms with van der Waals surface area (Å²) in [4.78, 5) is 22.4. The van der Waals surface area contributed by atoms with Gasteiger partial charge in [0, 0.05) is 44.3 Å². The molecule has 162 valence electrons. The van der Waals surface area contributed by atoms with Crippen LogP contribution in [0.5, 0.6) is 0 Å². The fourth-order valence-corrected chi connectivity index (χ4v) is 4.21. The second-order valence-corrected chi connectivity index (χ2v) is 8.69. The number of rotatable bonds is 7. The zero-order chi connectivity index (χ0) is 21.6. The first kappa shape index (κ1) is 21.5. The highest BCUT2D eigenvalue weighted by Gasteiger charge is 2.31. The third-order valence-corrected chi connectivity index (χ3v) is 5.65. The first-order valence-corrected chi connectivity index (χ1v) is 11.1. The number of nitrogens with zero attached hydrogens (tertiary/aromatic N) is 3. The average Bonchev–Trinajstić information content (AvgIpc) is 2.79. The van der Waals surface area contributed by atoms with Crippen molar-refractivity contribution in [2.75, 3.05) is 26.2 Å². The monoisotopic (exact) mass is 417 g/mol. The number of carbonyl (C=O) groups is 1. The third kappa shape index (κ3) is 5.49. The Morgan fingerprint density at radius 3 is 2.74 bits per heavy atom. The first-order chi connectivity index (χ1) is 15.1. The van der Waals surface area contributed by atoms with Crippen LogP contribution in [-0.4, -0.2) is 53.0 Å². The van der Waals surface area contributed by atoms with Gasteiger partial charge < -0.3 is 9.64 Å². The number of para-hydroxylation sites is 1. The molecule has 5 heteroatoms. The van der Waals surface area contributed by atoms with E-state index in [4.69, 9.17) is 4.74 Å². The molecule has 1 atom stereocenters. The number of hydrogen-bond acceptors (Lipinski definition) is 4. The second-order valence-electron chi connectivity index (χ2n) is 8.69. The molecule has 0 unspecified atom stereocenters. The SMILES string of the molecule is CC(C)CN(Cc1cccc2cccnc12)C(=O)[C@H]1CN(Cc2ccccc2)CCO1. The minimum absolute atomic E-state index is 0.0689. The van der Waals surface area contributed by atoms with Crippen molar-refractivity contribution in [3.8, 4) is 0 Å². The van der Waals surface area contributed by atoms with Gasteiger partial charge in [0.15, 0.2) is 0 Å². The molecule has 0 N–H and O–H groups in total. The molecule has 1 aliphatic rings. The number of amides is 1. The lowest BCUT2D eigenvalue weighted by Crippen LogP contribution is -2.51. The fourth-order valence-electron chi connectivity index (χ4n) is 4.21. The predicted octanol–water partition coefficient (Wildman–Crippen LogP) is 4.12. The highest BCUT2D eigenvalue weighted by Crippen LogP contribution is 2.20. The van der Waals surface area contributed by atoms with Gasteiger partial charge in [-0.1, -0.05) is 68.4 Å². The van der Waals surface area contributed by atoms with Gasteiger partial charge in [-0.05, 0) is 23.1 Å². The number of morpholine rings is 1. The third-order valence-electron chi connectivity index (χ3n) is 5.65. The van der Waals surface area contributed by atoms with Crippen LogP contribution < -0.4 is 0 Å². The Hall–Kier alpha value is -2.76. The summed E-state index contributed by atoms with van der Waals surface area (Å²) >= 11 is 0. The number of benzene rings is 2. The predicted molar refractivity (Wildman–Crippen MR) is 123 cm³/mol. The Labute approximate surface area is 184 Å². The number of carbonyl (C=O) groups excluding carboxylic acids is 1. The summed E-state index contributed by atoms with van der Waals surface area (Å²) < 4.78 is 5.95. The molecule has 0 aliphatic carbocycles. The second kappa shape index (κ2) is 10.0. The topological polar surface area (TPSA) is 45.7 Å². The van der Waals surface area contributed by atoms with Gasteiger partial charge in [-0.2, -0.15) is 0 Å². The van der Waals surface area contributed by atoms with Crippen LogP contribution in [0.4, 0.5) is 0 Å². The summed E-state index contributed by atoms with van der Waals surface area (Å²) in [5.74, 6) is 0.440. The molecule has 1 amide bonds. The molecule has 3 aromatic rings. The van der Waals surface area contributed by atoms with Crippen LogP contribution in [0.2, 0.25) is 0 Å². The van der Waals surface area contributed by atoms with Gasteiger partial charge in [-0.15, -0.1) is 0 Å². The fraction of sp³-hybridized carbons (Fsp3) is 0.385. The van der Waals surface area contributed by atoms with Crippen LogP contribution in [0.25, 0.3) is 10.9 Å². The minimum Gasteiger partial charge on any atom is -0.366 e. The molecular weight excluding hydrogens is 386 g/mol. The molecule has 2 aromatic carbocycles. The lowest BCUT2D eigenvalue weighted by atomic mass is 10.1. The Bertz CT molecular complexity index is 1000. The molecule has 5 nitrogen and oxygen atoms in total. The van der Waals surface area contributed by atoms with Gasteiger partial charge >= 0.3 is 0 Å². The molecule has 0 spiro atoms. The van der Waals surface area contributed by atoms with Crippen molar-refractivity contribution in [3.05, 3.63) is 78.0 Å². The normalized spacial score (nSPS) is 17.2. The standard InChI is InChI=1S/C26H31N3O2/c1-20(2)16-29(18-23-11-6-10-22-12-7-13-27-25(22)23)26(30)24-19-28(14-15-31-24)17-21-8-4-3-5-9-21/h3-13,20,24H,14-19H2,1-2H3/t24-/m1/s1. The van der Waals surface area contributed by atoms with E-state index >= 15 is 0 Å². The van der Waals surface area contributed by atoms with E-state index in [1.54, 1.807) is 0 Å². The van der Waals surface area contributed by atoms with Crippen LogP contribution in [0.15, 0.2) is 66.9 Å². The van der Waals surface area contributed by atoms with E-state index in [1.807, 2.05) is 29.3 Å². The lowest BCUT2D eigenvalue weighted by Gasteiger charge is -2.35. The maximum Gasteiger partial charge on any atom is 0.253 e. The molecule has 1 saturated heterocycles.